The lowest BCUT2D eigenvalue weighted by Gasteiger charge is -2.14. The van der Waals surface area contributed by atoms with Crippen molar-refractivity contribution in [2.45, 2.75) is 12.5 Å². The van der Waals surface area contributed by atoms with Crippen molar-refractivity contribution in [1.82, 2.24) is 14.1 Å². The van der Waals surface area contributed by atoms with Crippen LogP contribution in [0.3, 0.4) is 0 Å². The first-order valence-corrected chi connectivity index (χ1v) is 4.92. The first kappa shape index (κ1) is 8.65. The minimum Gasteiger partial charge on any atom is -0.496 e. The fraction of sp³-hybridized carbons (Fsp3) is 0.500. The van der Waals surface area contributed by atoms with Gasteiger partial charge in [-0.25, -0.2) is 0 Å². The number of nitrogens with one attached hydrogen (secondary N) is 1. The zero-order valence-electron chi connectivity index (χ0n) is 7.36. The highest BCUT2D eigenvalue weighted by Gasteiger charge is 2.20. The molecule has 0 fully saturated rings. The van der Waals surface area contributed by atoms with Crippen LogP contribution in [-0.4, -0.2) is 22.4 Å². The van der Waals surface area contributed by atoms with Crippen LogP contribution in [0.2, 0.25) is 0 Å². The third-order valence-corrected chi connectivity index (χ3v) is 2.47. The standard InChI is InChI=1S/C8H11N3OS/c1-9-8(6-5-10-13-11-6)7-3-2-4-12-7/h3,5,8-9H,2,4H2,1H3. The van der Waals surface area contributed by atoms with Gasteiger partial charge >= 0.3 is 0 Å². The van der Waals surface area contributed by atoms with Gasteiger partial charge in [0.15, 0.2) is 0 Å². The average molecular weight is 197 g/mol. The van der Waals surface area contributed by atoms with Crippen molar-refractivity contribution < 1.29 is 4.74 Å². The number of ether oxygens (including phenoxy) is 1. The quantitative estimate of drug-likeness (QED) is 0.788. The Labute approximate surface area is 81.0 Å². The molecule has 1 unspecified atom stereocenters. The van der Waals surface area contributed by atoms with Gasteiger partial charge in [-0.1, -0.05) is 0 Å². The van der Waals surface area contributed by atoms with E-state index >= 15 is 0 Å². The molecule has 0 bridgehead atoms. The van der Waals surface area contributed by atoms with Crippen molar-refractivity contribution in [1.29, 1.82) is 0 Å². The highest BCUT2D eigenvalue weighted by molar-refractivity contribution is 6.99. The Morgan fingerprint density at radius 2 is 2.62 bits per heavy atom. The first-order valence-electron chi connectivity index (χ1n) is 4.19. The van der Waals surface area contributed by atoms with Crippen LogP contribution in [0.15, 0.2) is 18.0 Å². The zero-order chi connectivity index (χ0) is 9.10. The molecule has 0 spiro atoms. The fourth-order valence-electron chi connectivity index (χ4n) is 1.37. The van der Waals surface area contributed by atoms with Crippen molar-refractivity contribution in [3.05, 3.63) is 23.7 Å². The molecule has 1 atom stereocenters. The molecule has 0 saturated heterocycles. The summed E-state index contributed by atoms with van der Waals surface area (Å²) in [4.78, 5) is 0. The maximum absolute atomic E-state index is 5.47. The normalized spacial score (nSPS) is 18.1. The Bertz CT molecular complexity index is 296. The topological polar surface area (TPSA) is 47.0 Å². The highest BCUT2D eigenvalue weighted by atomic mass is 32.1. The van der Waals surface area contributed by atoms with E-state index in [4.69, 9.17) is 4.74 Å². The largest absolute Gasteiger partial charge is 0.496 e. The fourth-order valence-corrected chi connectivity index (χ4v) is 1.82. The van der Waals surface area contributed by atoms with E-state index in [1.807, 2.05) is 7.05 Å². The van der Waals surface area contributed by atoms with Gasteiger partial charge in [0.2, 0.25) is 0 Å². The van der Waals surface area contributed by atoms with Gasteiger partial charge in [0.25, 0.3) is 0 Å². The average Bonchev–Trinajstić information content (AvgIpc) is 2.76. The zero-order valence-corrected chi connectivity index (χ0v) is 8.17. The molecule has 0 radical (unpaired) electrons. The van der Waals surface area contributed by atoms with Crippen LogP contribution >= 0.6 is 11.7 Å². The van der Waals surface area contributed by atoms with E-state index < -0.39 is 0 Å². The minimum absolute atomic E-state index is 0.0706. The Morgan fingerprint density at radius 3 is 3.15 bits per heavy atom. The van der Waals surface area contributed by atoms with Gasteiger partial charge in [0, 0.05) is 6.42 Å². The van der Waals surface area contributed by atoms with Crippen molar-refractivity contribution in [2.75, 3.05) is 13.7 Å². The lowest BCUT2D eigenvalue weighted by Crippen LogP contribution is -2.19. The van der Waals surface area contributed by atoms with Gasteiger partial charge < -0.3 is 10.1 Å². The predicted octanol–water partition coefficient (Wildman–Crippen LogP) is 1.10. The third kappa shape index (κ3) is 1.71. The van der Waals surface area contributed by atoms with Crippen LogP contribution in [-0.2, 0) is 4.74 Å². The smallest absolute Gasteiger partial charge is 0.115 e. The van der Waals surface area contributed by atoms with E-state index in [0.717, 1.165) is 24.5 Å². The van der Waals surface area contributed by atoms with E-state index in [1.54, 1.807) is 6.20 Å². The van der Waals surface area contributed by atoms with Gasteiger partial charge in [0.1, 0.15) is 11.8 Å². The molecule has 1 N–H and O–H groups in total. The highest BCUT2D eigenvalue weighted by Crippen LogP contribution is 2.24. The van der Waals surface area contributed by atoms with Crippen LogP contribution < -0.4 is 5.32 Å². The van der Waals surface area contributed by atoms with Crippen molar-refractivity contribution in [2.24, 2.45) is 0 Å². The van der Waals surface area contributed by atoms with E-state index in [2.05, 4.69) is 20.1 Å². The number of rotatable bonds is 3. The van der Waals surface area contributed by atoms with E-state index in [1.165, 1.54) is 11.7 Å². The summed E-state index contributed by atoms with van der Waals surface area (Å²) in [5.41, 5.74) is 0.931. The molecule has 1 aromatic rings. The molecule has 1 aliphatic rings. The Morgan fingerprint density at radius 1 is 1.69 bits per heavy atom. The monoisotopic (exact) mass is 197 g/mol. The first-order chi connectivity index (χ1) is 6.42. The number of aromatic nitrogens is 2. The molecule has 1 aliphatic heterocycles. The molecular formula is C8H11N3OS. The molecule has 0 saturated carbocycles. The second-order valence-corrected chi connectivity index (χ2v) is 3.35. The van der Waals surface area contributed by atoms with Gasteiger partial charge in [-0.15, -0.1) is 0 Å². The van der Waals surface area contributed by atoms with Crippen LogP contribution in [0, 0.1) is 0 Å². The molecule has 0 aromatic carbocycles. The predicted molar refractivity (Wildman–Crippen MR) is 50.4 cm³/mol. The van der Waals surface area contributed by atoms with Crippen molar-refractivity contribution >= 4 is 11.7 Å². The maximum atomic E-state index is 5.47. The van der Waals surface area contributed by atoms with E-state index in [9.17, 15) is 0 Å². The summed E-state index contributed by atoms with van der Waals surface area (Å²) in [6, 6.07) is 0.0706. The van der Waals surface area contributed by atoms with Crippen molar-refractivity contribution in [3.63, 3.8) is 0 Å². The van der Waals surface area contributed by atoms with Crippen LogP contribution in [0.25, 0.3) is 0 Å². The molecule has 2 heterocycles. The van der Waals surface area contributed by atoms with Crippen molar-refractivity contribution in [3.8, 4) is 0 Å². The molecule has 13 heavy (non-hydrogen) atoms. The summed E-state index contributed by atoms with van der Waals surface area (Å²) in [6.07, 6.45) is 4.86. The Hall–Kier alpha value is -0.940. The lowest BCUT2D eigenvalue weighted by molar-refractivity contribution is 0.217. The van der Waals surface area contributed by atoms with Gasteiger partial charge in [-0.3, -0.25) is 0 Å². The maximum Gasteiger partial charge on any atom is 0.115 e. The summed E-state index contributed by atoms with van der Waals surface area (Å²) < 4.78 is 13.6. The molecule has 4 nitrogen and oxygen atoms in total. The Balaban J connectivity index is 2.18. The molecule has 5 heteroatoms. The van der Waals surface area contributed by atoms with Crippen LogP contribution in [0.1, 0.15) is 18.2 Å². The second kappa shape index (κ2) is 3.85. The SMILES string of the molecule is CNC(C1=CCCO1)c1cnsn1. The van der Waals surface area contributed by atoms with Gasteiger partial charge in [-0.2, -0.15) is 8.75 Å². The number of hydrogen-bond donors (Lipinski definition) is 1. The molecule has 0 aliphatic carbocycles. The molecule has 70 valence electrons. The Kier molecular flexibility index (Phi) is 2.56. The summed E-state index contributed by atoms with van der Waals surface area (Å²) in [7, 11) is 1.90. The van der Waals surface area contributed by atoms with E-state index in [0.29, 0.717) is 0 Å². The third-order valence-electron chi connectivity index (χ3n) is 1.98. The lowest BCUT2D eigenvalue weighted by atomic mass is 10.2. The molecule has 2 rings (SSSR count). The number of nitrogens with zero attached hydrogens (tertiary/aromatic N) is 2. The summed E-state index contributed by atoms with van der Waals surface area (Å²) in [6.45, 7) is 0.783. The van der Waals surface area contributed by atoms with Crippen LogP contribution in [0.4, 0.5) is 0 Å². The van der Waals surface area contributed by atoms with Crippen LogP contribution in [0.5, 0.6) is 0 Å². The number of likely N-dealkylation sites (N-methyl/N-ethyl adjacent to an activating group) is 1. The molecular weight excluding hydrogens is 186 g/mol. The number of hydrogen-bond acceptors (Lipinski definition) is 5. The second-order valence-electron chi connectivity index (χ2n) is 2.80. The summed E-state index contributed by atoms with van der Waals surface area (Å²) >= 11 is 1.22. The molecule has 0 amide bonds. The summed E-state index contributed by atoms with van der Waals surface area (Å²) in [5.74, 6) is 0.968. The summed E-state index contributed by atoms with van der Waals surface area (Å²) in [5, 5.41) is 3.16. The minimum atomic E-state index is 0.0706. The van der Waals surface area contributed by atoms with Gasteiger partial charge in [-0.05, 0) is 13.1 Å². The van der Waals surface area contributed by atoms with Gasteiger partial charge in [0.05, 0.1) is 30.2 Å². The molecule has 1 aromatic heterocycles. The van der Waals surface area contributed by atoms with E-state index in [-0.39, 0.29) is 6.04 Å².